The van der Waals surface area contributed by atoms with Gasteiger partial charge in [-0.3, -0.25) is 9.78 Å². The van der Waals surface area contributed by atoms with Crippen molar-refractivity contribution in [2.24, 2.45) is 0 Å². The lowest BCUT2D eigenvalue weighted by Gasteiger charge is -2.16. The van der Waals surface area contributed by atoms with Crippen LogP contribution >= 0.6 is 0 Å². The summed E-state index contributed by atoms with van der Waals surface area (Å²) in [5, 5.41) is 2.99. The molecule has 0 fully saturated rings. The van der Waals surface area contributed by atoms with Crippen LogP contribution in [0.1, 0.15) is 29.1 Å². The predicted octanol–water partition coefficient (Wildman–Crippen LogP) is 2.57. The number of hydrogen-bond acceptors (Lipinski definition) is 4. The molecule has 2 aromatic heterocycles. The van der Waals surface area contributed by atoms with Gasteiger partial charge in [0.15, 0.2) is 0 Å². The first-order valence-electron chi connectivity index (χ1n) is 7.85. The van der Waals surface area contributed by atoms with Crippen molar-refractivity contribution >= 4 is 16.9 Å². The van der Waals surface area contributed by atoms with Crippen LogP contribution in [0.25, 0.3) is 11.0 Å². The number of nitrogens with zero attached hydrogens (tertiary/aromatic N) is 3. The summed E-state index contributed by atoms with van der Waals surface area (Å²) in [5.74, 6) is 0.645. The second kappa shape index (κ2) is 7.23. The maximum absolute atomic E-state index is 12.4. The van der Waals surface area contributed by atoms with Crippen molar-refractivity contribution in [3.63, 3.8) is 0 Å². The first kappa shape index (κ1) is 16.1. The van der Waals surface area contributed by atoms with Gasteiger partial charge in [0.05, 0.1) is 29.2 Å². The number of pyridine rings is 1. The smallest absolute Gasteiger partial charge is 0.253 e. The molecule has 0 aliphatic rings. The van der Waals surface area contributed by atoms with E-state index >= 15 is 0 Å². The number of fused-ring (bicyclic) bond motifs is 1. The fraction of sp³-hybridized carbons (Fsp3) is 0.278. The normalized spacial score (nSPS) is 12.2. The van der Waals surface area contributed by atoms with Crippen LogP contribution < -0.4 is 5.32 Å². The maximum atomic E-state index is 12.4. The molecular weight excluding hydrogens is 304 g/mol. The van der Waals surface area contributed by atoms with Gasteiger partial charge in [0.25, 0.3) is 5.91 Å². The summed E-state index contributed by atoms with van der Waals surface area (Å²) in [6, 6.07) is 11.2. The third-order valence-corrected chi connectivity index (χ3v) is 3.86. The molecule has 3 rings (SSSR count). The van der Waals surface area contributed by atoms with E-state index in [2.05, 4.69) is 19.9 Å². The minimum atomic E-state index is -0.234. The Morgan fingerprint density at radius 2 is 2.12 bits per heavy atom. The molecule has 0 spiro atoms. The van der Waals surface area contributed by atoms with Crippen molar-refractivity contribution in [2.75, 3.05) is 13.7 Å². The molecule has 2 heterocycles. The van der Waals surface area contributed by atoms with Crippen molar-refractivity contribution in [3.05, 3.63) is 60.2 Å². The Bertz CT molecular complexity index is 829. The second-order valence-corrected chi connectivity index (χ2v) is 5.54. The van der Waals surface area contributed by atoms with E-state index in [1.54, 1.807) is 31.6 Å². The molecular formula is C18H20N4O2. The summed E-state index contributed by atoms with van der Waals surface area (Å²) >= 11 is 0. The van der Waals surface area contributed by atoms with E-state index < -0.39 is 0 Å². The molecule has 1 N–H and O–H groups in total. The van der Waals surface area contributed by atoms with E-state index in [0.717, 1.165) is 16.9 Å². The van der Waals surface area contributed by atoms with Crippen molar-refractivity contribution in [2.45, 2.75) is 19.5 Å². The van der Waals surface area contributed by atoms with Crippen molar-refractivity contribution in [3.8, 4) is 0 Å². The number of benzene rings is 1. The largest absolute Gasteiger partial charge is 0.383 e. The maximum Gasteiger partial charge on any atom is 0.253 e. The lowest BCUT2D eigenvalue weighted by atomic mass is 10.2. The standard InChI is InChI=1S/C18H20N4O2/c1-13(20-18(23)14-6-5-9-19-12-14)17-21-15-7-3-4-8-16(15)22(17)10-11-24-2/h3-9,12-13H,10-11H2,1-2H3,(H,20,23). The molecule has 3 aromatic rings. The molecule has 1 aromatic carbocycles. The van der Waals surface area contributed by atoms with Crippen LogP contribution in [0.15, 0.2) is 48.8 Å². The van der Waals surface area contributed by atoms with E-state index in [9.17, 15) is 4.79 Å². The van der Waals surface area contributed by atoms with E-state index in [1.807, 2.05) is 31.2 Å². The van der Waals surface area contributed by atoms with E-state index in [4.69, 9.17) is 4.74 Å². The Kier molecular flexibility index (Phi) is 4.86. The number of amides is 1. The van der Waals surface area contributed by atoms with Gasteiger partial charge in [-0.2, -0.15) is 0 Å². The van der Waals surface area contributed by atoms with Gasteiger partial charge >= 0.3 is 0 Å². The van der Waals surface area contributed by atoms with Gasteiger partial charge in [0.1, 0.15) is 5.82 Å². The number of rotatable bonds is 6. The Hall–Kier alpha value is -2.73. The minimum Gasteiger partial charge on any atom is -0.383 e. The molecule has 0 saturated heterocycles. The van der Waals surface area contributed by atoms with Gasteiger partial charge in [0, 0.05) is 26.0 Å². The summed E-state index contributed by atoms with van der Waals surface area (Å²) in [5.41, 5.74) is 2.47. The molecule has 6 nitrogen and oxygen atoms in total. The van der Waals surface area contributed by atoms with Crippen molar-refractivity contribution in [1.82, 2.24) is 19.9 Å². The Morgan fingerprint density at radius 3 is 2.88 bits per heavy atom. The highest BCUT2D eigenvalue weighted by atomic mass is 16.5. The third kappa shape index (κ3) is 3.28. The first-order chi connectivity index (χ1) is 11.7. The number of carbonyl (C=O) groups is 1. The van der Waals surface area contributed by atoms with E-state index in [0.29, 0.717) is 18.7 Å². The highest BCUT2D eigenvalue weighted by Gasteiger charge is 2.18. The molecule has 0 aliphatic heterocycles. The summed E-state index contributed by atoms with van der Waals surface area (Å²) < 4.78 is 7.30. The molecule has 1 unspecified atom stereocenters. The van der Waals surface area contributed by atoms with Gasteiger partial charge in [0.2, 0.25) is 0 Å². The number of hydrogen-bond donors (Lipinski definition) is 1. The van der Waals surface area contributed by atoms with Crippen LogP contribution in [0.5, 0.6) is 0 Å². The van der Waals surface area contributed by atoms with Crippen LogP contribution in [-0.2, 0) is 11.3 Å². The van der Waals surface area contributed by atoms with Gasteiger partial charge in [-0.1, -0.05) is 12.1 Å². The number of methoxy groups -OCH3 is 1. The highest BCUT2D eigenvalue weighted by Crippen LogP contribution is 2.21. The topological polar surface area (TPSA) is 69.0 Å². The lowest BCUT2D eigenvalue weighted by molar-refractivity contribution is 0.0937. The summed E-state index contributed by atoms with van der Waals surface area (Å²) in [4.78, 5) is 21.0. The first-order valence-corrected chi connectivity index (χ1v) is 7.85. The van der Waals surface area contributed by atoms with Gasteiger partial charge in [-0.25, -0.2) is 4.98 Å². The van der Waals surface area contributed by atoms with Crippen LogP contribution in [0.4, 0.5) is 0 Å². The molecule has 0 saturated carbocycles. The zero-order valence-corrected chi connectivity index (χ0v) is 13.8. The van der Waals surface area contributed by atoms with E-state index in [1.165, 1.54) is 0 Å². The molecule has 1 atom stereocenters. The van der Waals surface area contributed by atoms with Crippen LogP contribution in [0.3, 0.4) is 0 Å². The van der Waals surface area contributed by atoms with Crippen LogP contribution in [-0.4, -0.2) is 34.2 Å². The average molecular weight is 324 g/mol. The van der Waals surface area contributed by atoms with E-state index in [-0.39, 0.29) is 11.9 Å². The van der Waals surface area contributed by atoms with Crippen LogP contribution in [0.2, 0.25) is 0 Å². The van der Waals surface area contributed by atoms with Gasteiger partial charge in [-0.15, -0.1) is 0 Å². The fourth-order valence-corrected chi connectivity index (χ4v) is 2.68. The van der Waals surface area contributed by atoms with Crippen molar-refractivity contribution < 1.29 is 9.53 Å². The zero-order chi connectivity index (χ0) is 16.9. The molecule has 6 heteroatoms. The summed E-state index contributed by atoms with van der Waals surface area (Å²) in [7, 11) is 1.67. The number of para-hydroxylation sites is 2. The Balaban J connectivity index is 1.88. The molecule has 0 aliphatic carbocycles. The Morgan fingerprint density at radius 1 is 1.29 bits per heavy atom. The van der Waals surface area contributed by atoms with Gasteiger partial charge in [-0.05, 0) is 31.2 Å². The second-order valence-electron chi connectivity index (χ2n) is 5.54. The SMILES string of the molecule is COCCn1c(C(C)NC(=O)c2cccnc2)nc2ccccc21. The van der Waals surface area contributed by atoms with Crippen LogP contribution in [0, 0.1) is 0 Å². The fourth-order valence-electron chi connectivity index (χ4n) is 2.68. The Labute approximate surface area is 140 Å². The molecule has 1 amide bonds. The average Bonchev–Trinajstić information content (AvgIpc) is 2.99. The summed E-state index contributed by atoms with van der Waals surface area (Å²) in [6.07, 6.45) is 3.19. The minimum absolute atomic E-state index is 0.166. The number of aromatic nitrogens is 3. The zero-order valence-electron chi connectivity index (χ0n) is 13.8. The molecule has 124 valence electrons. The quantitative estimate of drug-likeness (QED) is 0.756. The molecule has 0 radical (unpaired) electrons. The van der Waals surface area contributed by atoms with Crippen molar-refractivity contribution in [1.29, 1.82) is 0 Å². The molecule has 0 bridgehead atoms. The number of ether oxygens (including phenoxy) is 1. The highest BCUT2D eigenvalue weighted by molar-refractivity contribution is 5.94. The lowest BCUT2D eigenvalue weighted by Crippen LogP contribution is -2.29. The molecule has 24 heavy (non-hydrogen) atoms. The monoisotopic (exact) mass is 324 g/mol. The number of imidazole rings is 1. The predicted molar refractivity (Wildman–Crippen MR) is 91.7 cm³/mol. The van der Waals surface area contributed by atoms with Gasteiger partial charge < -0.3 is 14.6 Å². The number of nitrogens with one attached hydrogen (secondary N) is 1. The third-order valence-electron chi connectivity index (χ3n) is 3.86. The number of carbonyl (C=O) groups excluding carboxylic acids is 1. The summed E-state index contributed by atoms with van der Waals surface area (Å²) in [6.45, 7) is 3.19.